The third-order valence-electron chi connectivity index (χ3n) is 3.85. The van der Waals surface area contributed by atoms with Crippen molar-refractivity contribution in [2.75, 3.05) is 7.11 Å². The second-order valence-electron chi connectivity index (χ2n) is 5.74. The van der Waals surface area contributed by atoms with E-state index in [1.165, 1.54) is 7.11 Å². The molecule has 1 saturated heterocycles. The molecule has 3 rings (SSSR count). The number of benzene rings is 1. The van der Waals surface area contributed by atoms with Gasteiger partial charge in [-0.2, -0.15) is 0 Å². The van der Waals surface area contributed by atoms with Gasteiger partial charge in [0.05, 0.1) is 12.7 Å². The van der Waals surface area contributed by atoms with Gasteiger partial charge in [-0.15, -0.1) is 0 Å². The molecule has 0 amide bonds. The van der Waals surface area contributed by atoms with Crippen molar-refractivity contribution < 1.29 is 28.6 Å². The second-order valence-corrected chi connectivity index (χ2v) is 5.74. The molecule has 6 nitrogen and oxygen atoms in total. The summed E-state index contributed by atoms with van der Waals surface area (Å²) >= 11 is 0. The monoisotopic (exact) mass is 332 g/mol. The first-order valence-corrected chi connectivity index (χ1v) is 7.67. The Labute approximate surface area is 140 Å². The molecule has 1 aliphatic carbocycles. The van der Waals surface area contributed by atoms with Crippen molar-refractivity contribution in [3.63, 3.8) is 0 Å². The summed E-state index contributed by atoms with van der Waals surface area (Å²) in [6.07, 6.45) is 3.07. The number of carbonyl (C=O) groups excluding carboxylic acids is 3. The van der Waals surface area contributed by atoms with Gasteiger partial charge in [0.25, 0.3) is 5.79 Å². The van der Waals surface area contributed by atoms with E-state index in [2.05, 4.69) is 11.3 Å². The van der Waals surface area contributed by atoms with Crippen LogP contribution in [0.25, 0.3) is 0 Å². The lowest BCUT2D eigenvalue weighted by Crippen LogP contribution is -2.44. The topological polar surface area (TPSA) is 78.9 Å². The summed E-state index contributed by atoms with van der Waals surface area (Å²) in [5.41, 5.74) is 1.46. The van der Waals surface area contributed by atoms with E-state index in [1.807, 2.05) is 19.1 Å². The van der Waals surface area contributed by atoms with E-state index in [-0.39, 0.29) is 11.5 Å². The summed E-state index contributed by atoms with van der Waals surface area (Å²) in [6.45, 7) is 5.22. The van der Waals surface area contributed by atoms with Crippen molar-refractivity contribution >= 4 is 17.9 Å². The first-order chi connectivity index (χ1) is 11.4. The standard InChI is InChI=1S/C9H10O4.C9H10O2/c1-6-7(10)12-9(13-8(6)11)4-2-3-5-9;1-7-4-3-5-8(6-7)9(10)11-2/h1-5H2;3-6H,1-2H3. The lowest BCUT2D eigenvalue weighted by molar-refractivity contribution is -0.232. The van der Waals surface area contributed by atoms with Crippen molar-refractivity contribution in [2.24, 2.45) is 0 Å². The third-order valence-corrected chi connectivity index (χ3v) is 3.85. The molecule has 1 heterocycles. The van der Waals surface area contributed by atoms with Crippen molar-refractivity contribution in [3.8, 4) is 0 Å². The number of esters is 3. The molecule has 2 aliphatic rings. The van der Waals surface area contributed by atoms with Gasteiger partial charge in [0.1, 0.15) is 5.57 Å². The fourth-order valence-electron chi connectivity index (χ4n) is 2.57. The van der Waals surface area contributed by atoms with E-state index < -0.39 is 17.7 Å². The van der Waals surface area contributed by atoms with Crippen molar-refractivity contribution in [2.45, 2.75) is 38.4 Å². The van der Waals surface area contributed by atoms with E-state index in [1.54, 1.807) is 12.1 Å². The van der Waals surface area contributed by atoms with Gasteiger partial charge in [0.2, 0.25) is 0 Å². The highest BCUT2D eigenvalue weighted by Gasteiger charge is 2.47. The number of carbonyl (C=O) groups is 3. The summed E-state index contributed by atoms with van der Waals surface area (Å²) in [7, 11) is 1.38. The van der Waals surface area contributed by atoms with E-state index in [4.69, 9.17) is 9.47 Å². The van der Waals surface area contributed by atoms with Gasteiger partial charge in [-0.3, -0.25) is 0 Å². The molecule has 2 fully saturated rings. The molecule has 0 N–H and O–H groups in total. The van der Waals surface area contributed by atoms with Gasteiger partial charge in [0, 0.05) is 12.8 Å². The zero-order chi connectivity index (χ0) is 17.7. The van der Waals surface area contributed by atoms with Crippen molar-refractivity contribution in [1.82, 2.24) is 0 Å². The Morgan fingerprint density at radius 1 is 1.17 bits per heavy atom. The van der Waals surface area contributed by atoms with Crippen LogP contribution in [0.4, 0.5) is 0 Å². The largest absolute Gasteiger partial charge is 0.465 e. The number of hydrogen-bond donors (Lipinski definition) is 0. The number of aryl methyl sites for hydroxylation is 1. The highest BCUT2D eigenvalue weighted by Crippen LogP contribution is 2.37. The van der Waals surface area contributed by atoms with Crippen LogP contribution in [0.5, 0.6) is 0 Å². The predicted octanol–water partition coefficient (Wildman–Crippen LogP) is 2.69. The number of rotatable bonds is 1. The average Bonchev–Trinajstić information content (AvgIpc) is 3.00. The molecule has 24 heavy (non-hydrogen) atoms. The van der Waals surface area contributed by atoms with Gasteiger partial charge in [-0.1, -0.05) is 24.3 Å². The van der Waals surface area contributed by atoms with Gasteiger partial charge in [-0.25, -0.2) is 14.4 Å². The van der Waals surface area contributed by atoms with Gasteiger partial charge < -0.3 is 14.2 Å². The molecule has 6 heteroatoms. The van der Waals surface area contributed by atoms with Gasteiger partial charge in [-0.05, 0) is 31.9 Å². The third kappa shape index (κ3) is 4.01. The first kappa shape index (κ1) is 17.7. The highest BCUT2D eigenvalue weighted by atomic mass is 16.7. The molecular weight excluding hydrogens is 312 g/mol. The van der Waals surface area contributed by atoms with E-state index in [9.17, 15) is 14.4 Å². The zero-order valence-electron chi connectivity index (χ0n) is 13.8. The van der Waals surface area contributed by atoms with Crippen LogP contribution >= 0.6 is 0 Å². The Morgan fingerprint density at radius 3 is 2.25 bits per heavy atom. The van der Waals surface area contributed by atoms with E-state index >= 15 is 0 Å². The molecule has 0 bridgehead atoms. The van der Waals surface area contributed by atoms with Crippen LogP contribution in [-0.4, -0.2) is 30.8 Å². The molecule has 1 aliphatic heterocycles. The maximum Gasteiger partial charge on any atom is 0.348 e. The van der Waals surface area contributed by atoms with Crippen LogP contribution in [0.2, 0.25) is 0 Å². The summed E-state index contributed by atoms with van der Waals surface area (Å²) in [5.74, 6) is -2.53. The summed E-state index contributed by atoms with van der Waals surface area (Å²) < 4.78 is 14.6. The number of ether oxygens (including phenoxy) is 3. The van der Waals surface area contributed by atoms with Crippen molar-refractivity contribution in [1.29, 1.82) is 0 Å². The maximum absolute atomic E-state index is 11.1. The minimum Gasteiger partial charge on any atom is -0.465 e. The number of hydrogen-bond acceptors (Lipinski definition) is 6. The van der Waals surface area contributed by atoms with Gasteiger partial charge in [0.15, 0.2) is 0 Å². The molecule has 1 aromatic carbocycles. The van der Waals surface area contributed by atoms with E-state index in [0.29, 0.717) is 18.4 Å². The lowest BCUT2D eigenvalue weighted by atomic mass is 10.1. The Hall–Kier alpha value is -2.63. The Balaban J connectivity index is 0.000000177. The SMILES string of the molecule is C=C1C(=O)OC2(CCCC2)OC1=O.COC(=O)c1cccc(C)c1. The van der Waals surface area contributed by atoms with Crippen LogP contribution in [0.15, 0.2) is 36.4 Å². The molecule has 1 spiro atoms. The molecule has 0 atom stereocenters. The summed E-state index contributed by atoms with van der Waals surface area (Å²) in [4.78, 5) is 33.2. The normalized spacial score (nSPS) is 18.3. The quantitative estimate of drug-likeness (QED) is 0.447. The van der Waals surface area contributed by atoms with Crippen LogP contribution < -0.4 is 0 Å². The Morgan fingerprint density at radius 2 is 1.75 bits per heavy atom. The molecular formula is C18H20O6. The average molecular weight is 332 g/mol. The molecule has 0 aromatic heterocycles. The van der Waals surface area contributed by atoms with Crippen molar-refractivity contribution in [3.05, 3.63) is 47.5 Å². The second kappa shape index (κ2) is 7.29. The molecule has 1 saturated carbocycles. The zero-order valence-corrected chi connectivity index (χ0v) is 13.8. The van der Waals surface area contributed by atoms with Crippen LogP contribution in [0.3, 0.4) is 0 Å². The molecule has 128 valence electrons. The predicted molar refractivity (Wildman–Crippen MR) is 85.0 cm³/mol. The maximum atomic E-state index is 11.1. The van der Waals surface area contributed by atoms with Crippen LogP contribution in [0.1, 0.15) is 41.6 Å². The van der Waals surface area contributed by atoms with E-state index in [0.717, 1.165) is 18.4 Å². The van der Waals surface area contributed by atoms with Crippen LogP contribution in [-0.2, 0) is 23.8 Å². The number of methoxy groups -OCH3 is 1. The summed E-state index contributed by atoms with van der Waals surface area (Å²) in [5, 5.41) is 0. The van der Waals surface area contributed by atoms with Gasteiger partial charge >= 0.3 is 17.9 Å². The molecule has 0 radical (unpaired) electrons. The highest BCUT2D eigenvalue weighted by molar-refractivity contribution is 6.14. The first-order valence-electron chi connectivity index (χ1n) is 7.67. The molecule has 1 aromatic rings. The lowest BCUT2D eigenvalue weighted by Gasteiger charge is -2.32. The fourth-order valence-corrected chi connectivity index (χ4v) is 2.57. The minimum atomic E-state index is -0.963. The van der Waals surface area contributed by atoms with Crippen LogP contribution in [0, 0.1) is 6.92 Å². The smallest absolute Gasteiger partial charge is 0.348 e. The molecule has 0 unspecified atom stereocenters. The fraction of sp³-hybridized carbons (Fsp3) is 0.389. The Kier molecular flexibility index (Phi) is 5.39. The Bertz CT molecular complexity index is 648. The minimum absolute atomic E-state index is 0.211. The summed E-state index contributed by atoms with van der Waals surface area (Å²) in [6, 6.07) is 7.30.